The van der Waals surface area contributed by atoms with Gasteiger partial charge in [0.25, 0.3) is 0 Å². The molecule has 0 N–H and O–H groups in total. The zero-order chi connectivity index (χ0) is 6.20. The summed E-state index contributed by atoms with van der Waals surface area (Å²) in [5.41, 5.74) is 0. The van der Waals surface area contributed by atoms with Crippen LogP contribution in [0.5, 0.6) is 0 Å². The monoisotopic (exact) mass is 131 g/mol. The summed E-state index contributed by atoms with van der Waals surface area (Å²) in [4.78, 5) is 0.0781. The van der Waals surface area contributed by atoms with Crippen molar-refractivity contribution < 1.29 is 0 Å². The Morgan fingerprint density at radius 3 is 2.38 bits per heavy atom. The molecule has 0 bridgehead atoms. The maximum Gasteiger partial charge on any atom is 0.0480 e. The van der Waals surface area contributed by atoms with Gasteiger partial charge in [0.2, 0.25) is 0 Å². The average molecular weight is 132 g/mol. The van der Waals surface area contributed by atoms with Gasteiger partial charge in [0, 0.05) is 4.87 Å². The summed E-state index contributed by atoms with van der Waals surface area (Å²) < 4.78 is 0. The van der Waals surface area contributed by atoms with E-state index in [0.717, 1.165) is 0 Å². The summed E-state index contributed by atoms with van der Waals surface area (Å²) >= 11 is 6.03. The molecular formula is C7H12Cl. The van der Waals surface area contributed by atoms with Crippen LogP contribution in [-0.4, -0.2) is 4.87 Å². The summed E-state index contributed by atoms with van der Waals surface area (Å²) in [7, 11) is 0. The largest absolute Gasteiger partial charge is 0.119 e. The predicted octanol–water partition coefficient (Wildman–Crippen LogP) is 2.76. The van der Waals surface area contributed by atoms with E-state index in [1.54, 1.807) is 0 Å². The normalized spacial score (nSPS) is 39.4. The van der Waals surface area contributed by atoms with Crippen LogP contribution in [0.2, 0.25) is 0 Å². The minimum Gasteiger partial charge on any atom is -0.119 e. The summed E-state index contributed by atoms with van der Waals surface area (Å²) in [6.45, 7) is 4.28. The molecule has 1 rings (SSSR count). The fourth-order valence-corrected chi connectivity index (χ4v) is 1.51. The number of halogens is 1. The van der Waals surface area contributed by atoms with E-state index in [-0.39, 0.29) is 4.87 Å². The van der Waals surface area contributed by atoms with Crippen LogP contribution >= 0.6 is 11.6 Å². The van der Waals surface area contributed by atoms with Crippen molar-refractivity contribution in [2.45, 2.75) is 38.0 Å². The van der Waals surface area contributed by atoms with Crippen molar-refractivity contribution in [1.29, 1.82) is 0 Å². The van der Waals surface area contributed by atoms with E-state index in [1.807, 2.05) is 0 Å². The fourth-order valence-electron chi connectivity index (χ4n) is 1.19. The topological polar surface area (TPSA) is 0 Å². The second kappa shape index (κ2) is 1.91. The third-order valence-corrected chi connectivity index (χ3v) is 2.52. The first-order valence-electron chi connectivity index (χ1n) is 3.21. The van der Waals surface area contributed by atoms with Crippen LogP contribution in [0.4, 0.5) is 0 Å². The van der Waals surface area contributed by atoms with Crippen LogP contribution in [0.15, 0.2) is 0 Å². The van der Waals surface area contributed by atoms with Crippen LogP contribution in [0.3, 0.4) is 0 Å². The van der Waals surface area contributed by atoms with Gasteiger partial charge in [-0.1, -0.05) is 6.92 Å². The Morgan fingerprint density at radius 1 is 1.75 bits per heavy atom. The van der Waals surface area contributed by atoms with Crippen molar-refractivity contribution >= 4 is 11.6 Å². The van der Waals surface area contributed by atoms with Crippen molar-refractivity contribution in [2.75, 3.05) is 0 Å². The molecule has 1 unspecified atom stereocenters. The molecule has 0 amide bonds. The maximum atomic E-state index is 6.03. The lowest BCUT2D eigenvalue weighted by Gasteiger charge is -2.41. The van der Waals surface area contributed by atoms with Crippen LogP contribution in [0.25, 0.3) is 0 Å². The van der Waals surface area contributed by atoms with Gasteiger partial charge in [-0.05, 0) is 32.1 Å². The number of alkyl halides is 1. The van der Waals surface area contributed by atoms with Crippen molar-refractivity contribution in [1.82, 2.24) is 0 Å². The number of rotatable bonds is 1. The first-order valence-corrected chi connectivity index (χ1v) is 3.58. The molecule has 0 aromatic heterocycles. The maximum absolute atomic E-state index is 6.03. The Hall–Kier alpha value is 0.290. The van der Waals surface area contributed by atoms with Gasteiger partial charge in [0.05, 0.1) is 0 Å². The smallest absolute Gasteiger partial charge is 0.0480 e. The molecule has 0 saturated heterocycles. The van der Waals surface area contributed by atoms with E-state index in [0.29, 0.717) is 0 Å². The molecule has 1 aliphatic carbocycles. The Balaban J connectivity index is 2.37. The van der Waals surface area contributed by atoms with Crippen molar-refractivity contribution in [3.63, 3.8) is 0 Å². The van der Waals surface area contributed by atoms with Crippen molar-refractivity contribution in [2.24, 2.45) is 0 Å². The second-order valence-electron chi connectivity index (χ2n) is 2.65. The van der Waals surface area contributed by atoms with Gasteiger partial charge in [-0.15, -0.1) is 11.6 Å². The summed E-state index contributed by atoms with van der Waals surface area (Å²) in [5.74, 6) is 1.53. The molecule has 0 spiro atoms. The SMILES string of the molecule is CC[C]1CCC1(C)Cl. The van der Waals surface area contributed by atoms with Gasteiger partial charge >= 0.3 is 0 Å². The molecule has 1 atom stereocenters. The zero-order valence-corrected chi connectivity index (χ0v) is 6.26. The van der Waals surface area contributed by atoms with Gasteiger partial charge < -0.3 is 0 Å². The molecule has 47 valence electrons. The Morgan fingerprint density at radius 2 is 2.38 bits per heavy atom. The lowest BCUT2D eigenvalue weighted by atomic mass is 9.73. The Kier molecular flexibility index (Phi) is 1.53. The molecule has 0 heterocycles. The molecule has 1 heteroatoms. The quantitative estimate of drug-likeness (QED) is 0.480. The zero-order valence-electron chi connectivity index (χ0n) is 5.50. The Labute approximate surface area is 56.2 Å². The van der Waals surface area contributed by atoms with E-state index < -0.39 is 0 Å². The second-order valence-corrected chi connectivity index (χ2v) is 3.49. The van der Waals surface area contributed by atoms with Crippen LogP contribution in [-0.2, 0) is 0 Å². The van der Waals surface area contributed by atoms with Crippen molar-refractivity contribution in [3.8, 4) is 0 Å². The van der Waals surface area contributed by atoms with Gasteiger partial charge in [-0.3, -0.25) is 0 Å². The molecule has 0 nitrogen and oxygen atoms in total. The third kappa shape index (κ3) is 0.862. The third-order valence-electron chi connectivity index (χ3n) is 2.06. The van der Waals surface area contributed by atoms with E-state index in [2.05, 4.69) is 13.8 Å². The average Bonchev–Trinajstić information content (AvgIpc) is 1.66. The minimum atomic E-state index is 0.0781. The van der Waals surface area contributed by atoms with E-state index in [4.69, 9.17) is 11.6 Å². The summed E-state index contributed by atoms with van der Waals surface area (Å²) in [6.07, 6.45) is 3.61. The van der Waals surface area contributed by atoms with E-state index in [1.165, 1.54) is 25.2 Å². The van der Waals surface area contributed by atoms with Crippen LogP contribution in [0.1, 0.15) is 33.1 Å². The highest BCUT2D eigenvalue weighted by Crippen LogP contribution is 2.47. The van der Waals surface area contributed by atoms with Crippen LogP contribution in [0, 0.1) is 5.92 Å². The first-order chi connectivity index (χ1) is 3.67. The van der Waals surface area contributed by atoms with Gasteiger partial charge in [-0.25, -0.2) is 0 Å². The molecule has 0 aliphatic heterocycles. The molecule has 8 heavy (non-hydrogen) atoms. The van der Waals surface area contributed by atoms with Gasteiger partial charge in [0.15, 0.2) is 0 Å². The highest BCUT2D eigenvalue weighted by atomic mass is 35.5. The predicted molar refractivity (Wildman–Crippen MR) is 37.0 cm³/mol. The molecule has 0 aromatic carbocycles. The highest BCUT2D eigenvalue weighted by Gasteiger charge is 2.39. The molecular weight excluding hydrogens is 120 g/mol. The van der Waals surface area contributed by atoms with Crippen molar-refractivity contribution in [3.05, 3.63) is 5.92 Å². The lowest BCUT2D eigenvalue weighted by Crippen LogP contribution is -2.36. The molecule has 1 fully saturated rings. The lowest BCUT2D eigenvalue weighted by molar-refractivity contribution is 0.408. The highest BCUT2D eigenvalue weighted by molar-refractivity contribution is 6.26. The fraction of sp³-hybridized carbons (Fsp3) is 0.857. The van der Waals surface area contributed by atoms with Gasteiger partial charge in [0.1, 0.15) is 0 Å². The summed E-state index contributed by atoms with van der Waals surface area (Å²) in [5, 5.41) is 0. The Bertz CT molecular complexity index is 84.4. The molecule has 1 saturated carbocycles. The summed E-state index contributed by atoms with van der Waals surface area (Å²) in [6, 6.07) is 0. The standard InChI is InChI=1S/C7H12Cl/c1-3-6-4-5-7(6,2)8/h3-5H2,1-2H3. The molecule has 1 aliphatic rings. The van der Waals surface area contributed by atoms with Crippen LogP contribution < -0.4 is 0 Å². The first kappa shape index (κ1) is 6.41. The minimum absolute atomic E-state index is 0.0781. The van der Waals surface area contributed by atoms with E-state index in [9.17, 15) is 0 Å². The van der Waals surface area contributed by atoms with Gasteiger partial charge in [-0.2, -0.15) is 0 Å². The number of hydrogen-bond acceptors (Lipinski definition) is 0. The number of hydrogen-bond donors (Lipinski definition) is 0. The molecule has 1 radical (unpaired) electrons. The molecule has 0 aromatic rings. The van der Waals surface area contributed by atoms with E-state index >= 15 is 0 Å².